The average molecular weight is 509 g/mol. The van der Waals surface area contributed by atoms with E-state index in [1.165, 1.54) is 0 Å². The van der Waals surface area contributed by atoms with E-state index in [1.807, 2.05) is 86.6 Å². The van der Waals surface area contributed by atoms with E-state index in [2.05, 4.69) is 21.2 Å². The number of hydrogen-bond acceptors (Lipinski definition) is 4. The van der Waals surface area contributed by atoms with Crippen molar-refractivity contribution in [2.45, 2.75) is 26.7 Å². The van der Waals surface area contributed by atoms with Crippen LogP contribution < -0.4 is 10.2 Å². The molecule has 3 aromatic carbocycles. The highest BCUT2D eigenvalue weighted by atomic mass is 79.9. The Labute approximate surface area is 201 Å². The Hall–Kier alpha value is -3.45. The first kappa shape index (κ1) is 24.2. The van der Waals surface area contributed by atoms with Crippen molar-refractivity contribution in [1.82, 2.24) is 0 Å². The minimum atomic E-state index is -0.608. The van der Waals surface area contributed by atoms with Crippen LogP contribution in [0.15, 0.2) is 77.3 Å². The molecule has 0 aliphatic rings. The van der Waals surface area contributed by atoms with Crippen LogP contribution in [0.25, 0.3) is 0 Å². The zero-order valence-corrected chi connectivity index (χ0v) is 20.1. The van der Waals surface area contributed by atoms with Gasteiger partial charge in [0.15, 0.2) is 6.61 Å². The molecule has 0 aliphatic carbocycles. The second kappa shape index (κ2) is 11.4. The lowest BCUT2D eigenvalue weighted by Crippen LogP contribution is -2.27. The van der Waals surface area contributed by atoms with Crippen LogP contribution in [0.4, 0.5) is 17.1 Å². The standard InChI is InChI=1S/C26H25BrN2O4/c1-18-16-23(19(2)15-22(18)27)28-24(30)17-33-26(32)14-13-25(31)29(20-9-5-3-6-10-20)21-11-7-4-8-12-21/h3-12,15-16H,13-14,17H2,1-2H3,(H,28,30). The molecule has 0 spiro atoms. The molecule has 0 heterocycles. The zero-order valence-electron chi connectivity index (χ0n) is 18.5. The highest BCUT2D eigenvalue weighted by Crippen LogP contribution is 2.26. The summed E-state index contributed by atoms with van der Waals surface area (Å²) >= 11 is 3.45. The third-order valence-electron chi connectivity index (χ3n) is 4.97. The lowest BCUT2D eigenvalue weighted by Gasteiger charge is -2.23. The Balaban J connectivity index is 1.54. The molecule has 0 saturated heterocycles. The number of rotatable bonds is 8. The molecule has 0 aromatic heterocycles. The average Bonchev–Trinajstić information content (AvgIpc) is 2.81. The molecule has 170 valence electrons. The van der Waals surface area contributed by atoms with Gasteiger partial charge in [0.25, 0.3) is 5.91 Å². The highest BCUT2D eigenvalue weighted by molar-refractivity contribution is 9.10. The van der Waals surface area contributed by atoms with Crippen LogP contribution in [0.1, 0.15) is 24.0 Å². The first-order chi connectivity index (χ1) is 15.8. The number of aryl methyl sites for hydroxylation is 2. The topological polar surface area (TPSA) is 75.7 Å². The molecule has 0 bridgehead atoms. The number of anilines is 3. The van der Waals surface area contributed by atoms with Crippen LogP contribution in [0, 0.1) is 13.8 Å². The molecule has 6 nitrogen and oxygen atoms in total. The molecule has 7 heteroatoms. The van der Waals surface area contributed by atoms with E-state index in [0.29, 0.717) is 17.1 Å². The summed E-state index contributed by atoms with van der Waals surface area (Å²) in [5.74, 6) is -1.28. The summed E-state index contributed by atoms with van der Waals surface area (Å²) in [6.07, 6.45) is -0.173. The van der Waals surface area contributed by atoms with Crippen LogP contribution in [-0.4, -0.2) is 24.4 Å². The fourth-order valence-electron chi connectivity index (χ4n) is 3.23. The quantitative estimate of drug-likeness (QED) is 0.396. The van der Waals surface area contributed by atoms with E-state index in [0.717, 1.165) is 15.6 Å². The van der Waals surface area contributed by atoms with Gasteiger partial charge in [-0.25, -0.2) is 0 Å². The van der Waals surface area contributed by atoms with E-state index in [-0.39, 0.29) is 18.7 Å². The van der Waals surface area contributed by atoms with Crippen molar-refractivity contribution in [3.63, 3.8) is 0 Å². The fourth-order valence-corrected chi connectivity index (χ4v) is 3.69. The first-order valence-electron chi connectivity index (χ1n) is 10.5. The normalized spacial score (nSPS) is 10.4. The maximum atomic E-state index is 13.0. The number of benzene rings is 3. The zero-order chi connectivity index (χ0) is 23.8. The van der Waals surface area contributed by atoms with Crippen molar-refractivity contribution in [3.8, 4) is 0 Å². The van der Waals surface area contributed by atoms with Gasteiger partial charge in [-0.1, -0.05) is 52.3 Å². The minimum absolute atomic E-state index is 0.0464. The molecule has 33 heavy (non-hydrogen) atoms. The van der Waals surface area contributed by atoms with E-state index in [4.69, 9.17) is 4.74 Å². The van der Waals surface area contributed by atoms with Gasteiger partial charge in [0.2, 0.25) is 5.91 Å². The van der Waals surface area contributed by atoms with Crippen molar-refractivity contribution >= 4 is 50.8 Å². The maximum Gasteiger partial charge on any atom is 0.306 e. The lowest BCUT2D eigenvalue weighted by molar-refractivity contribution is -0.148. The molecule has 3 aromatic rings. The predicted molar refractivity (Wildman–Crippen MR) is 132 cm³/mol. The number of para-hydroxylation sites is 2. The number of carbonyl (C=O) groups excluding carboxylic acids is 3. The van der Waals surface area contributed by atoms with Crippen LogP contribution in [0.2, 0.25) is 0 Å². The first-order valence-corrected chi connectivity index (χ1v) is 11.3. The van der Waals surface area contributed by atoms with Gasteiger partial charge in [-0.3, -0.25) is 19.3 Å². The van der Waals surface area contributed by atoms with Crippen molar-refractivity contribution in [2.75, 3.05) is 16.8 Å². The molecule has 0 aliphatic heterocycles. The predicted octanol–water partition coefficient (Wildman–Crippen LogP) is 5.69. The molecule has 3 rings (SSSR count). The number of nitrogens with one attached hydrogen (secondary N) is 1. The van der Waals surface area contributed by atoms with E-state index in [9.17, 15) is 14.4 Å². The third-order valence-corrected chi connectivity index (χ3v) is 5.82. The largest absolute Gasteiger partial charge is 0.456 e. The molecule has 0 saturated carbocycles. The van der Waals surface area contributed by atoms with Gasteiger partial charge < -0.3 is 10.1 Å². The summed E-state index contributed by atoms with van der Waals surface area (Å²) in [6, 6.07) is 22.2. The summed E-state index contributed by atoms with van der Waals surface area (Å²) < 4.78 is 6.03. The number of nitrogens with zero attached hydrogens (tertiary/aromatic N) is 1. The van der Waals surface area contributed by atoms with Gasteiger partial charge in [-0.2, -0.15) is 0 Å². The smallest absolute Gasteiger partial charge is 0.306 e. The molecule has 0 atom stereocenters. The number of esters is 1. The molecular formula is C26H25BrN2O4. The number of amides is 2. The molecule has 2 amide bonds. The summed E-state index contributed by atoms with van der Waals surface area (Å²) in [6.45, 7) is 3.38. The minimum Gasteiger partial charge on any atom is -0.456 e. The lowest BCUT2D eigenvalue weighted by atomic mass is 10.1. The van der Waals surface area contributed by atoms with Crippen molar-refractivity contribution in [1.29, 1.82) is 0 Å². The maximum absolute atomic E-state index is 13.0. The fraction of sp³-hybridized carbons (Fsp3) is 0.192. The van der Waals surface area contributed by atoms with Crippen molar-refractivity contribution < 1.29 is 19.1 Å². The van der Waals surface area contributed by atoms with Gasteiger partial charge in [-0.05, 0) is 61.4 Å². The SMILES string of the molecule is Cc1cc(NC(=O)COC(=O)CCC(=O)N(c2ccccc2)c2ccccc2)c(C)cc1Br. The van der Waals surface area contributed by atoms with Crippen LogP contribution in [0.3, 0.4) is 0 Å². The Morgan fingerprint density at radius 2 is 1.42 bits per heavy atom. The van der Waals surface area contributed by atoms with Gasteiger partial charge in [0.05, 0.1) is 6.42 Å². The van der Waals surface area contributed by atoms with E-state index >= 15 is 0 Å². The van der Waals surface area contributed by atoms with Crippen LogP contribution in [-0.2, 0) is 19.1 Å². The monoisotopic (exact) mass is 508 g/mol. The summed E-state index contributed by atoms with van der Waals surface area (Å²) in [4.78, 5) is 38.9. The molecule has 1 N–H and O–H groups in total. The van der Waals surface area contributed by atoms with Gasteiger partial charge in [-0.15, -0.1) is 0 Å². The van der Waals surface area contributed by atoms with Crippen molar-refractivity contribution in [2.24, 2.45) is 0 Å². The van der Waals surface area contributed by atoms with E-state index < -0.39 is 18.5 Å². The Kier molecular flexibility index (Phi) is 8.38. The Morgan fingerprint density at radius 1 is 0.848 bits per heavy atom. The van der Waals surface area contributed by atoms with Crippen LogP contribution in [0.5, 0.6) is 0 Å². The van der Waals surface area contributed by atoms with Gasteiger partial charge in [0, 0.05) is 28.0 Å². The highest BCUT2D eigenvalue weighted by Gasteiger charge is 2.19. The Bertz CT molecular complexity index is 1090. The summed E-state index contributed by atoms with van der Waals surface area (Å²) in [7, 11) is 0. The Morgan fingerprint density at radius 3 is 2.00 bits per heavy atom. The summed E-state index contributed by atoms with van der Waals surface area (Å²) in [5, 5.41) is 2.75. The number of ether oxygens (including phenoxy) is 1. The van der Waals surface area contributed by atoms with E-state index in [1.54, 1.807) is 4.90 Å². The number of carbonyl (C=O) groups is 3. The molecule has 0 radical (unpaired) electrons. The molecule has 0 fully saturated rings. The second-order valence-corrected chi connectivity index (χ2v) is 8.38. The van der Waals surface area contributed by atoms with Gasteiger partial charge >= 0.3 is 5.97 Å². The summed E-state index contributed by atoms with van der Waals surface area (Å²) in [5.41, 5.74) is 3.95. The number of halogens is 1. The number of hydrogen-bond donors (Lipinski definition) is 1. The van der Waals surface area contributed by atoms with Crippen molar-refractivity contribution in [3.05, 3.63) is 88.4 Å². The third kappa shape index (κ3) is 6.76. The molecular weight excluding hydrogens is 484 g/mol. The molecule has 0 unspecified atom stereocenters. The second-order valence-electron chi connectivity index (χ2n) is 7.53. The van der Waals surface area contributed by atoms with Gasteiger partial charge in [0.1, 0.15) is 0 Å². The van der Waals surface area contributed by atoms with Crippen LogP contribution >= 0.6 is 15.9 Å².